The van der Waals surface area contributed by atoms with Crippen LogP contribution in [0.15, 0.2) is 41.2 Å². The van der Waals surface area contributed by atoms with Gasteiger partial charge in [-0.3, -0.25) is 9.59 Å². The van der Waals surface area contributed by atoms with Gasteiger partial charge >= 0.3 is 0 Å². The van der Waals surface area contributed by atoms with Gasteiger partial charge in [0, 0.05) is 12.6 Å². The van der Waals surface area contributed by atoms with Crippen LogP contribution in [0, 0.1) is 6.92 Å². The minimum Gasteiger partial charge on any atom is -0.493 e. The number of nitrogens with one attached hydrogen (secondary N) is 1. The molecule has 25 heavy (non-hydrogen) atoms. The van der Waals surface area contributed by atoms with Crippen LogP contribution in [0.3, 0.4) is 0 Å². The topological polar surface area (TPSA) is 84.5 Å². The zero-order chi connectivity index (χ0) is 17.6. The van der Waals surface area contributed by atoms with Crippen LogP contribution < -0.4 is 10.3 Å². The van der Waals surface area contributed by atoms with Crippen molar-refractivity contribution in [3.05, 3.63) is 58.3 Å². The van der Waals surface area contributed by atoms with Crippen LogP contribution in [0.25, 0.3) is 0 Å². The van der Waals surface area contributed by atoms with Gasteiger partial charge in [-0.15, -0.1) is 0 Å². The summed E-state index contributed by atoms with van der Waals surface area (Å²) >= 11 is 0. The number of amides is 1. The summed E-state index contributed by atoms with van der Waals surface area (Å²) < 4.78 is 11.1. The van der Waals surface area contributed by atoms with Gasteiger partial charge in [0.2, 0.25) is 5.91 Å². The molecule has 1 aromatic carbocycles. The molecule has 0 radical (unpaired) electrons. The molecular formula is C18H21N3O4. The van der Waals surface area contributed by atoms with E-state index in [0.29, 0.717) is 37.9 Å². The highest BCUT2D eigenvalue weighted by Crippen LogP contribution is 2.22. The summed E-state index contributed by atoms with van der Waals surface area (Å²) in [5.41, 5.74) is 0.325. The summed E-state index contributed by atoms with van der Waals surface area (Å²) in [7, 11) is 0. The molecule has 3 rings (SSSR count). The lowest BCUT2D eigenvalue weighted by Crippen LogP contribution is -2.44. The zero-order valence-corrected chi connectivity index (χ0v) is 14.1. The van der Waals surface area contributed by atoms with Gasteiger partial charge < -0.3 is 19.4 Å². The van der Waals surface area contributed by atoms with E-state index in [1.54, 1.807) is 11.8 Å². The Balaban J connectivity index is 1.65. The average Bonchev–Trinajstić information content (AvgIpc) is 2.62. The molecule has 132 valence electrons. The fourth-order valence-electron chi connectivity index (χ4n) is 2.84. The molecule has 1 atom stereocenters. The molecule has 1 amide bonds. The van der Waals surface area contributed by atoms with Crippen molar-refractivity contribution in [1.29, 1.82) is 0 Å². The van der Waals surface area contributed by atoms with E-state index < -0.39 is 0 Å². The number of aromatic amines is 1. The Morgan fingerprint density at radius 2 is 2.20 bits per heavy atom. The average molecular weight is 343 g/mol. The van der Waals surface area contributed by atoms with Gasteiger partial charge in [-0.05, 0) is 19.1 Å². The maximum Gasteiger partial charge on any atom is 0.251 e. The van der Waals surface area contributed by atoms with E-state index in [9.17, 15) is 9.59 Å². The number of H-pyrrole nitrogens is 1. The second-order valence-corrected chi connectivity index (χ2v) is 5.85. The highest BCUT2D eigenvalue weighted by molar-refractivity contribution is 5.77. The predicted molar refractivity (Wildman–Crippen MR) is 91.4 cm³/mol. The molecule has 1 N–H and O–H groups in total. The molecule has 0 spiro atoms. The number of carbonyl (C=O) groups excluding carboxylic acids is 1. The largest absolute Gasteiger partial charge is 0.493 e. The molecule has 7 nitrogen and oxygen atoms in total. The number of rotatable bonds is 5. The molecule has 1 fully saturated rings. The van der Waals surface area contributed by atoms with E-state index in [0.717, 1.165) is 5.75 Å². The van der Waals surface area contributed by atoms with Crippen molar-refractivity contribution in [1.82, 2.24) is 14.9 Å². The summed E-state index contributed by atoms with van der Waals surface area (Å²) in [6, 6.07) is 10.5. The van der Waals surface area contributed by atoms with Crippen LogP contribution in [0.4, 0.5) is 0 Å². The van der Waals surface area contributed by atoms with E-state index in [4.69, 9.17) is 9.47 Å². The van der Waals surface area contributed by atoms with E-state index in [2.05, 4.69) is 9.97 Å². The van der Waals surface area contributed by atoms with Gasteiger partial charge in [0.1, 0.15) is 11.6 Å². The van der Waals surface area contributed by atoms with Crippen molar-refractivity contribution in [3.8, 4) is 5.75 Å². The summed E-state index contributed by atoms with van der Waals surface area (Å²) in [5.74, 6) is 1.22. The smallest absolute Gasteiger partial charge is 0.251 e. The Kier molecular flexibility index (Phi) is 5.45. The third-order valence-electron chi connectivity index (χ3n) is 4.00. The first-order chi connectivity index (χ1) is 12.1. The van der Waals surface area contributed by atoms with Gasteiger partial charge in [-0.2, -0.15) is 0 Å². The van der Waals surface area contributed by atoms with E-state index in [1.807, 2.05) is 30.3 Å². The number of carbonyl (C=O) groups is 1. The Morgan fingerprint density at radius 3 is 2.96 bits per heavy atom. The monoisotopic (exact) mass is 343 g/mol. The second-order valence-electron chi connectivity index (χ2n) is 5.85. The first kappa shape index (κ1) is 17.2. The molecule has 1 saturated heterocycles. The third-order valence-corrected chi connectivity index (χ3v) is 4.00. The quantitative estimate of drug-likeness (QED) is 0.888. The summed E-state index contributed by atoms with van der Waals surface area (Å²) in [5, 5.41) is 0. The fourth-order valence-corrected chi connectivity index (χ4v) is 2.84. The lowest BCUT2D eigenvalue weighted by Gasteiger charge is -2.35. The zero-order valence-electron chi connectivity index (χ0n) is 14.1. The molecule has 0 aliphatic carbocycles. The van der Waals surface area contributed by atoms with E-state index >= 15 is 0 Å². The molecule has 7 heteroatoms. The Bertz CT molecular complexity index is 775. The minimum absolute atomic E-state index is 0.0380. The first-order valence-electron chi connectivity index (χ1n) is 8.26. The third kappa shape index (κ3) is 4.45. The van der Waals surface area contributed by atoms with Crippen LogP contribution >= 0.6 is 0 Å². The number of hydrogen-bond donors (Lipinski definition) is 1. The Hall–Kier alpha value is -2.67. The Morgan fingerprint density at radius 1 is 1.40 bits per heavy atom. The summed E-state index contributed by atoms with van der Waals surface area (Å²) in [6.07, 6.45) is 0.258. The maximum atomic E-state index is 12.6. The van der Waals surface area contributed by atoms with E-state index in [1.165, 1.54) is 6.07 Å². The molecule has 2 aromatic rings. The normalized spacial score (nSPS) is 17.3. The number of para-hydroxylation sites is 1. The Labute approximate surface area is 145 Å². The van der Waals surface area contributed by atoms with Crippen LogP contribution in [-0.2, 0) is 9.53 Å². The van der Waals surface area contributed by atoms with Gasteiger partial charge in [-0.25, -0.2) is 4.98 Å². The molecule has 1 aliphatic heterocycles. The SMILES string of the molecule is Cc1nc([C@H]2COCCN2C(=O)CCOc2ccccc2)cc(=O)[nH]1. The fraction of sp³-hybridized carbons (Fsp3) is 0.389. The highest BCUT2D eigenvalue weighted by Gasteiger charge is 2.29. The maximum absolute atomic E-state index is 12.6. The van der Waals surface area contributed by atoms with Crippen LogP contribution in [0.5, 0.6) is 5.75 Å². The van der Waals surface area contributed by atoms with Crippen molar-refractivity contribution >= 4 is 5.91 Å². The molecule has 1 aromatic heterocycles. The number of nitrogens with zero attached hydrogens (tertiary/aromatic N) is 2. The van der Waals surface area contributed by atoms with Crippen molar-refractivity contribution in [2.45, 2.75) is 19.4 Å². The number of ether oxygens (including phenoxy) is 2. The number of hydrogen-bond acceptors (Lipinski definition) is 5. The predicted octanol–water partition coefficient (Wildman–Crippen LogP) is 1.45. The number of aromatic nitrogens is 2. The second kappa shape index (κ2) is 7.94. The lowest BCUT2D eigenvalue weighted by atomic mass is 10.1. The van der Waals surface area contributed by atoms with Gasteiger partial charge in [0.25, 0.3) is 5.56 Å². The van der Waals surface area contributed by atoms with Gasteiger partial charge in [0.05, 0.1) is 38.0 Å². The van der Waals surface area contributed by atoms with Crippen molar-refractivity contribution in [2.24, 2.45) is 0 Å². The van der Waals surface area contributed by atoms with Crippen LogP contribution in [-0.4, -0.2) is 47.1 Å². The lowest BCUT2D eigenvalue weighted by molar-refractivity contribution is -0.140. The van der Waals surface area contributed by atoms with Crippen LogP contribution in [0.1, 0.15) is 24.0 Å². The summed E-state index contributed by atoms with van der Waals surface area (Å²) in [6.45, 7) is 3.30. The van der Waals surface area contributed by atoms with Crippen LogP contribution in [0.2, 0.25) is 0 Å². The molecule has 0 bridgehead atoms. The molecular weight excluding hydrogens is 322 g/mol. The highest BCUT2D eigenvalue weighted by atomic mass is 16.5. The van der Waals surface area contributed by atoms with Gasteiger partial charge in [-0.1, -0.05) is 18.2 Å². The van der Waals surface area contributed by atoms with Crippen molar-refractivity contribution < 1.29 is 14.3 Å². The minimum atomic E-state index is -0.348. The first-order valence-corrected chi connectivity index (χ1v) is 8.26. The number of aryl methyl sites for hydroxylation is 1. The molecule has 0 saturated carbocycles. The van der Waals surface area contributed by atoms with Gasteiger partial charge in [0.15, 0.2) is 0 Å². The van der Waals surface area contributed by atoms with Crippen molar-refractivity contribution in [2.75, 3.05) is 26.4 Å². The van der Waals surface area contributed by atoms with E-state index in [-0.39, 0.29) is 23.9 Å². The molecule has 0 unspecified atom stereocenters. The number of morpholine rings is 1. The number of benzene rings is 1. The van der Waals surface area contributed by atoms with Crippen molar-refractivity contribution in [3.63, 3.8) is 0 Å². The standard InChI is InChI=1S/C18H21N3O4/c1-13-19-15(11-17(22)20-13)16-12-24-10-8-21(16)18(23)7-9-25-14-5-3-2-4-6-14/h2-6,11,16H,7-10,12H2,1H3,(H,19,20,22)/t16-/m1/s1. The molecule has 1 aliphatic rings. The summed E-state index contributed by atoms with van der Waals surface area (Å²) in [4.78, 5) is 33.0. The molecule has 2 heterocycles.